The molecule has 4 nitrogen and oxygen atoms in total. The van der Waals surface area contributed by atoms with Crippen LogP contribution in [0.5, 0.6) is 0 Å². The second-order valence-electron chi connectivity index (χ2n) is 5.72. The molecule has 18 heavy (non-hydrogen) atoms. The first kappa shape index (κ1) is 13.4. The van der Waals surface area contributed by atoms with Gasteiger partial charge >= 0.3 is 5.97 Å². The number of carboxylic acids is 1. The molecule has 0 saturated heterocycles. The van der Waals surface area contributed by atoms with Crippen molar-refractivity contribution in [1.82, 2.24) is 5.32 Å². The van der Waals surface area contributed by atoms with Gasteiger partial charge < -0.3 is 10.4 Å². The first-order valence-electron chi connectivity index (χ1n) is 7.19. The van der Waals surface area contributed by atoms with E-state index < -0.39 is 5.97 Å². The Hall–Kier alpha value is -1.06. The molecule has 2 N–H and O–H groups in total. The maximum Gasteiger partial charge on any atom is 0.303 e. The van der Waals surface area contributed by atoms with Gasteiger partial charge in [0.15, 0.2) is 0 Å². The number of hydrogen-bond acceptors (Lipinski definition) is 2. The van der Waals surface area contributed by atoms with Crippen molar-refractivity contribution in [2.75, 3.05) is 0 Å². The van der Waals surface area contributed by atoms with Crippen molar-refractivity contribution in [2.45, 2.75) is 63.8 Å². The predicted octanol–water partition coefficient (Wildman–Crippen LogP) is 2.33. The lowest BCUT2D eigenvalue weighted by atomic mass is 9.77. The van der Waals surface area contributed by atoms with Crippen LogP contribution in [0.4, 0.5) is 0 Å². The number of carbonyl (C=O) groups is 2. The average Bonchev–Trinajstić information content (AvgIpc) is 3.14. The summed E-state index contributed by atoms with van der Waals surface area (Å²) >= 11 is 0. The van der Waals surface area contributed by atoms with Crippen LogP contribution in [0.25, 0.3) is 0 Å². The molecule has 0 heterocycles. The highest BCUT2D eigenvalue weighted by molar-refractivity contribution is 5.80. The number of rotatable bonds is 6. The first-order chi connectivity index (χ1) is 8.66. The van der Waals surface area contributed by atoms with E-state index >= 15 is 0 Å². The van der Waals surface area contributed by atoms with Crippen LogP contribution in [-0.2, 0) is 9.59 Å². The van der Waals surface area contributed by atoms with E-state index in [0.717, 1.165) is 25.7 Å². The zero-order valence-corrected chi connectivity index (χ0v) is 10.9. The van der Waals surface area contributed by atoms with Crippen LogP contribution < -0.4 is 5.32 Å². The smallest absolute Gasteiger partial charge is 0.303 e. The second kappa shape index (κ2) is 6.21. The molecule has 2 aliphatic carbocycles. The topological polar surface area (TPSA) is 66.4 Å². The standard InChI is InChI=1S/C14H23NO3/c16-13(17)9-8-12(10-4-2-1-3-5-10)14(18)15-11-6-7-11/h10-12H,1-9H2,(H,15,18)(H,16,17). The largest absolute Gasteiger partial charge is 0.481 e. The number of amides is 1. The molecule has 0 aromatic heterocycles. The van der Waals surface area contributed by atoms with Crippen LogP contribution in [0.3, 0.4) is 0 Å². The number of carbonyl (C=O) groups excluding carboxylic acids is 1. The van der Waals surface area contributed by atoms with Gasteiger partial charge in [0.05, 0.1) is 0 Å². The van der Waals surface area contributed by atoms with Gasteiger partial charge in [-0.2, -0.15) is 0 Å². The van der Waals surface area contributed by atoms with Crippen molar-refractivity contribution in [3.05, 3.63) is 0 Å². The summed E-state index contributed by atoms with van der Waals surface area (Å²) in [5, 5.41) is 11.8. The normalized spacial score (nSPS) is 22.4. The Kier molecular flexibility index (Phi) is 4.61. The fraction of sp³-hybridized carbons (Fsp3) is 0.857. The van der Waals surface area contributed by atoms with Crippen LogP contribution in [0.2, 0.25) is 0 Å². The van der Waals surface area contributed by atoms with E-state index in [2.05, 4.69) is 5.32 Å². The Balaban J connectivity index is 1.90. The van der Waals surface area contributed by atoms with Gasteiger partial charge in [-0.3, -0.25) is 9.59 Å². The number of aliphatic carboxylic acids is 1. The number of nitrogens with one attached hydrogen (secondary N) is 1. The zero-order chi connectivity index (χ0) is 13.0. The lowest BCUT2D eigenvalue weighted by Gasteiger charge is -2.29. The number of carboxylic acid groups (broad SMARTS) is 1. The molecule has 1 unspecified atom stereocenters. The fourth-order valence-electron chi connectivity index (χ4n) is 2.93. The summed E-state index contributed by atoms with van der Waals surface area (Å²) in [7, 11) is 0. The molecule has 0 aromatic carbocycles. The molecular weight excluding hydrogens is 230 g/mol. The monoisotopic (exact) mass is 253 g/mol. The molecule has 0 aromatic rings. The van der Waals surface area contributed by atoms with Gasteiger partial charge in [-0.1, -0.05) is 19.3 Å². The minimum absolute atomic E-state index is 0.0815. The molecule has 2 rings (SSSR count). The molecular formula is C14H23NO3. The highest BCUT2D eigenvalue weighted by atomic mass is 16.4. The third-order valence-electron chi connectivity index (χ3n) is 4.15. The van der Waals surface area contributed by atoms with Gasteiger partial charge in [-0.05, 0) is 38.0 Å². The van der Waals surface area contributed by atoms with E-state index in [-0.39, 0.29) is 18.2 Å². The van der Waals surface area contributed by atoms with E-state index in [1.54, 1.807) is 0 Å². The minimum Gasteiger partial charge on any atom is -0.481 e. The van der Waals surface area contributed by atoms with Gasteiger partial charge in [0, 0.05) is 18.4 Å². The maximum absolute atomic E-state index is 12.2. The molecule has 2 fully saturated rings. The summed E-state index contributed by atoms with van der Waals surface area (Å²) in [4.78, 5) is 22.9. The minimum atomic E-state index is -0.796. The summed E-state index contributed by atoms with van der Waals surface area (Å²) < 4.78 is 0. The number of hydrogen-bond donors (Lipinski definition) is 2. The van der Waals surface area contributed by atoms with Crippen molar-refractivity contribution < 1.29 is 14.7 Å². The van der Waals surface area contributed by atoms with Gasteiger partial charge in [-0.15, -0.1) is 0 Å². The Morgan fingerprint density at radius 3 is 2.33 bits per heavy atom. The van der Waals surface area contributed by atoms with E-state index in [1.807, 2.05) is 0 Å². The molecule has 1 atom stereocenters. The molecule has 2 aliphatic rings. The van der Waals surface area contributed by atoms with Crippen LogP contribution >= 0.6 is 0 Å². The summed E-state index contributed by atoms with van der Waals surface area (Å²) in [6, 6.07) is 0.369. The lowest BCUT2D eigenvalue weighted by Crippen LogP contribution is -2.37. The van der Waals surface area contributed by atoms with Gasteiger partial charge in [0.2, 0.25) is 5.91 Å². The van der Waals surface area contributed by atoms with E-state index in [0.29, 0.717) is 18.4 Å². The predicted molar refractivity (Wildman–Crippen MR) is 68.1 cm³/mol. The van der Waals surface area contributed by atoms with Crippen molar-refractivity contribution in [2.24, 2.45) is 11.8 Å². The Morgan fingerprint density at radius 2 is 1.78 bits per heavy atom. The van der Waals surface area contributed by atoms with Crippen LogP contribution in [0.1, 0.15) is 57.8 Å². The van der Waals surface area contributed by atoms with Crippen LogP contribution in [0, 0.1) is 11.8 Å². The van der Waals surface area contributed by atoms with Crippen LogP contribution in [-0.4, -0.2) is 23.0 Å². The van der Waals surface area contributed by atoms with Crippen LogP contribution in [0.15, 0.2) is 0 Å². The summed E-state index contributed by atoms with van der Waals surface area (Å²) in [6.07, 6.45) is 8.58. The van der Waals surface area contributed by atoms with Gasteiger partial charge in [0.1, 0.15) is 0 Å². The van der Waals surface area contributed by atoms with Gasteiger partial charge in [0.25, 0.3) is 0 Å². The van der Waals surface area contributed by atoms with Crippen molar-refractivity contribution >= 4 is 11.9 Å². The zero-order valence-electron chi connectivity index (χ0n) is 10.9. The third-order valence-corrected chi connectivity index (χ3v) is 4.15. The third kappa shape index (κ3) is 4.00. The van der Waals surface area contributed by atoms with E-state index in [9.17, 15) is 9.59 Å². The lowest BCUT2D eigenvalue weighted by molar-refractivity contribution is -0.137. The Bertz CT molecular complexity index is 306. The molecule has 4 heteroatoms. The second-order valence-corrected chi connectivity index (χ2v) is 5.72. The molecule has 0 spiro atoms. The Morgan fingerprint density at radius 1 is 1.11 bits per heavy atom. The van der Waals surface area contributed by atoms with Crippen molar-refractivity contribution in [3.63, 3.8) is 0 Å². The molecule has 1 amide bonds. The average molecular weight is 253 g/mol. The SMILES string of the molecule is O=C(O)CCC(C(=O)NC1CC1)C1CCCCC1. The highest BCUT2D eigenvalue weighted by Gasteiger charge is 2.33. The summed E-state index contributed by atoms with van der Waals surface area (Å²) in [5.74, 6) is -0.375. The Labute approximate surface area is 108 Å². The highest BCUT2D eigenvalue weighted by Crippen LogP contribution is 2.33. The molecule has 2 saturated carbocycles. The molecule has 0 radical (unpaired) electrons. The fourth-order valence-corrected chi connectivity index (χ4v) is 2.93. The molecule has 0 bridgehead atoms. The van der Waals surface area contributed by atoms with E-state index in [4.69, 9.17) is 5.11 Å². The van der Waals surface area contributed by atoms with Crippen molar-refractivity contribution in [1.29, 1.82) is 0 Å². The molecule has 102 valence electrons. The molecule has 0 aliphatic heterocycles. The van der Waals surface area contributed by atoms with E-state index in [1.165, 1.54) is 19.3 Å². The van der Waals surface area contributed by atoms with Gasteiger partial charge in [-0.25, -0.2) is 0 Å². The summed E-state index contributed by atoms with van der Waals surface area (Å²) in [5.41, 5.74) is 0. The first-order valence-corrected chi connectivity index (χ1v) is 7.19. The maximum atomic E-state index is 12.2. The quantitative estimate of drug-likeness (QED) is 0.763. The van der Waals surface area contributed by atoms with Crippen molar-refractivity contribution in [3.8, 4) is 0 Å². The summed E-state index contributed by atoms with van der Waals surface area (Å²) in [6.45, 7) is 0.